The molecule has 0 aliphatic heterocycles. The molecule has 0 aliphatic carbocycles. The maximum Gasteiger partial charge on any atom is 0.418 e. The number of hydrogen-bond donors (Lipinski definition) is 1. The van der Waals surface area contributed by atoms with Gasteiger partial charge in [-0.05, 0) is 31.5 Å². The summed E-state index contributed by atoms with van der Waals surface area (Å²) in [5.74, 6) is -1.17. The van der Waals surface area contributed by atoms with E-state index in [-0.39, 0.29) is 11.7 Å². The van der Waals surface area contributed by atoms with Crippen molar-refractivity contribution in [2.24, 2.45) is 0 Å². The standard InChI is InChI=1S/C13H15BrF3NO2/c1-3-8(2)18(7-12(19)20)11-6-9(14)4-5-10(11)13(15,16)17/h4-6,8H,3,7H2,1-2H3,(H,19,20). The van der Waals surface area contributed by atoms with Crippen LogP contribution in [-0.4, -0.2) is 23.7 Å². The number of carbonyl (C=O) groups is 1. The number of aliphatic carboxylic acids is 1. The van der Waals surface area contributed by atoms with Gasteiger partial charge in [0.1, 0.15) is 6.54 Å². The SMILES string of the molecule is CCC(C)N(CC(=O)O)c1cc(Br)ccc1C(F)(F)F. The first kappa shape index (κ1) is 16.8. The third-order valence-corrected chi connectivity index (χ3v) is 3.50. The van der Waals surface area contributed by atoms with Crippen LogP contribution in [0.15, 0.2) is 22.7 Å². The summed E-state index contributed by atoms with van der Waals surface area (Å²) in [7, 11) is 0. The summed E-state index contributed by atoms with van der Waals surface area (Å²) in [6.45, 7) is 3.02. The first-order valence-electron chi connectivity index (χ1n) is 6.02. The zero-order valence-electron chi connectivity index (χ0n) is 11.0. The van der Waals surface area contributed by atoms with Crippen molar-refractivity contribution in [1.82, 2.24) is 0 Å². The molecule has 0 spiro atoms. The maximum atomic E-state index is 13.1. The van der Waals surface area contributed by atoms with Crippen LogP contribution in [-0.2, 0) is 11.0 Å². The van der Waals surface area contributed by atoms with Crippen molar-refractivity contribution >= 4 is 27.6 Å². The summed E-state index contributed by atoms with van der Waals surface area (Å²) in [5.41, 5.74) is -0.953. The van der Waals surface area contributed by atoms with Crippen LogP contribution in [0.1, 0.15) is 25.8 Å². The van der Waals surface area contributed by atoms with Gasteiger partial charge in [-0.25, -0.2) is 0 Å². The quantitative estimate of drug-likeness (QED) is 0.863. The lowest BCUT2D eigenvalue weighted by molar-refractivity contribution is -0.138. The fourth-order valence-corrected chi connectivity index (χ4v) is 2.18. The van der Waals surface area contributed by atoms with Crippen LogP contribution in [0.5, 0.6) is 0 Å². The lowest BCUT2D eigenvalue weighted by Gasteiger charge is -2.31. The summed E-state index contributed by atoms with van der Waals surface area (Å²) in [5, 5.41) is 8.92. The van der Waals surface area contributed by atoms with Gasteiger partial charge in [0.25, 0.3) is 0 Å². The number of carboxylic acids is 1. The first-order chi connectivity index (χ1) is 9.16. The van der Waals surface area contributed by atoms with Gasteiger partial charge in [-0.1, -0.05) is 22.9 Å². The van der Waals surface area contributed by atoms with E-state index in [4.69, 9.17) is 5.11 Å². The number of carboxylic acid groups (broad SMARTS) is 1. The Hall–Kier alpha value is -1.24. The lowest BCUT2D eigenvalue weighted by Crippen LogP contribution is -2.38. The fraction of sp³-hybridized carbons (Fsp3) is 0.462. The van der Waals surface area contributed by atoms with Crippen LogP contribution in [0, 0.1) is 0 Å². The van der Waals surface area contributed by atoms with E-state index >= 15 is 0 Å². The Morgan fingerprint density at radius 3 is 2.50 bits per heavy atom. The van der Waals surface area contributed by atoms with Gasteiger partial charge in [0.15, 0.2) is 0 Å². The molecule has 1 N–H and O–H groups in total. The molecule has 1 aromatic rings. The highest BCUT2D eigenvalue weighted by Gasteiger charge is 2.36. The molecule has 0 radical (unpaired) electrons. The summed E-state index contributed by atoms with van der Waals surface area (Å²) in [4.78, 5) is 12.2. The van der Waals surface area contributed by atoms with Crippen molar-refractivity contribution in [2.75, 3.05) is 11.4 Å². The van der Waals surface area contributed by atoms with E-state index in [0.717, 1.165) is 6.07 Å². The van der Waals surface area contributed by atoms with E-state index < -0.39 is 24.3 Å². The third-order valence-electron chi connectivity index (χ3n) is 3.00. The molecule has 1 unspecified atom stereocenters. The number of halogens is 4. The van der Waals surface area contributed by atoms with E-state index in [1.165, 1.54) is 17.0 Å². The van der Waals surface area contributed by atoms with Gasteiger partial charge in [-0.3, -0.25) is 4.79 Å². The molecule has 0 aliphatic rings. The third kappa shape index (κ3) is 4.13. The van der Waals surface area contributed by atoms with Crippen LogP contribution in [0.2, 0.25) is 0 Å². The maximum absolute atomic E-state index is 13.1. The van der Waals surface area contributed by atoms with E-state index in [9.17, 15) is 18.0 Å². The Labute approximate surface area is 123 Å². The molecular formula is C13H15BrF3NO2. The summed E-state index contributed by atoms with van der Waals surface area (Å²) < 4.78 is 39.6. The van der Waals surface area contributed by atoms with Crippen molar-refractivity contribution in [3.63, 3.8) is 0 Å². The molecule has 3 nitrogen and oxygen atoms in total. The van der Waals surface area contributed by atoms with Crippen LogP contribution >= 0.6 is 15.9 Å². The highest BCUT2D eigenvalue weighted by atomic mass is 79.9. The Kier molecular flexibility index (Phi) is 5.44. The van der Waals surface area contributed by atoms with Crippen molar-refractivity contribution in [3.05, 3.63) is 28.2 Å². The predicted molar refractivity (Wildman–Crippen MR) is 73.9 cm³/mol. The van der Waals surface area contributed by atoms with Crippen LogP contribution in [0.25, 0.3) is 0 Å². The zero-order chi connectivity index (χ0) is 15.5. The van der Waals surface area contributed by atoms with Crippen molar-refractivity contribution in [2.45, 2.75) is 32.5 Å². The molecule has 0 bridgehead atoms. The summed E-state index contributed by atoms with van der Waals surface area (Å²) in [6, 6.07) is 3.23. The van der Waals surface area contributed by atoms with Crippen molar-refractivity contribution in [3.8, 4) is 0 Å². The number of alkyl halides is 3. The van der Waals surface area contributed by atoms with Gasteiger partial charge in [0, 0.05) is 10.5 Å². The Morgan fingerprint density at radius 2 is 2.05 bits per heavy atom. The number of nitrogens with zero attached hydrogens (tertiary/aromatic N) is 1. The molecular weight excluding hydrogens is 339 g/mol. The van der Waals surface area contributed by atoms with E-state index in [0.29, 0.717) is 10.9 Å². The smallest absolute Gasteiger partial charge is 0.418 e. The molecule has 112 valence electrons. The van der Waals surface area contributed by atoms with Gasteiger partial charge in [-0.15, -0.1) is 0 Å². The first-order valence-corrected chi connectivity index (χ1v) is 6.81. The molecule has 1 aromatic carbocycles. The van der Waals surface area contributed by atoms with E-state index in [1.54, 1.807) is 13.8 Å². The van der Waals surface area contributed by atoms with Crippen LogP contribution < -0.4 is 4.90 Å². The van der Waals surface area contributed by atoms with E-state index in [1.807, 2.05) is 0 Å². The molecule has 20 heavy (non-hydrogen) atoms. The Bertz CT molecular complexity index is 491. The van der Waals surface area contributed by atoms with Gasteiger partial charge < -0.3 is 10.0 Å². The molecule has 0 aromatic heterocycles. The average Bonchev–Trinajstić information content (AvgIpc) is 2.33. The van der Waals surface area contributed by atoms with Gasteiger partial charge in [0.2, 0.25) is 0 Å². The van der Waals surface area contributed by atoms with Crippen LogP contribution in [0.3, 0.4) is 0 Å². The summed E-state index contributed by atoms with van der Waals surface area (Å²) >= 11 is 3.13. The second-order valence-corrected chi connectivity index (χ2v) is 5.35. The van der Waals surface area contributed by atoms with Gasteiger partial charge >= 0.3 is 12.1 Å². The van der Waals surface area contributed by atoms with E-state index in [2.05, 4.69) is 15.9 Å². The second kappa shape index (κ2) is 6.47. The number of hydrogen-bond acceptors (Lipinski definition) is 2. The minimum absolute atomic E-state index is 0.122. The second-order valence-electron chi connectivity index (χ2n) is 4.44. The Balaban J connectivity index is 3.37. The highest BCUT2D eigenvalue weighted by Crippen LogP contribution is 2.38. The number of benzene rings is 1. The minimum atomic E-state index is -4.53. The molecule has 0 saturated carbocycles. The molecule has 0 heterocycles. The van der Waals surface area contributed by atoms with Gasteiger partial charge in [0.05, 0.1) is 11.3 Å². The van der Waals surface area contributed by atoms with Crippen LogP contribution in [0.4, 0.5) is 18.9 Å². The number of rotatable bonds is 5. The largest absolute Gasteiger partial charge is 0.480 e. The zero-order valence-corrected chi connectivity index (χ0v) is 12.6. The highest BCUT2D eigenvalue weighted by molar-refractivity contribution is 9.10. The van der Waals surface area contributed by atoms with Gasteiger partial charge in [-0.2, -0.15) is 13.2 Å². The lowest BCUT2D eigenvalue weighted by atomic mass is 10.1. The average molecular weight is 354 g/mol. The predicted octanol–water partition coefficient (Wildman–Crippen LogP) is 4.16. The molecule has 1 rings (SSSR count). The molecule has 0 fully saturated rings. The minimum Gasteiger partial charge on any atom is -0.480 e. The van der Waals surface area contributed by atoms with Crippen molar-refractivity contribution in [1.29, 1.82) is 0 Å². The molecule has 1 atom stereocenters. The molecule has 0 saturated heterocycles. The monoisotopic (exact) mass is 353 g/mol. The molecule has 7 heteroatoms. The molecule has 0 amide bonds. The summed E-state index contributed by atoms with van der Waals surface area (Å²) in [6.07, 6.45) is -3.99. The van der Waals surface area contributed by atoms with Crippen molar-refractivity contribution < 1.29 is 23.1 Å². The number of anilines is 1. The Morgan fingerprint density at radius 1 is 1.45 bits per heavy atom. The fourth-order valence-electron chi connectivity index (χ4n) is 1.83. The normalized spacial score (nSPS) is 13.1. The topological polar surface area (TPSA) is 40.5 Å².